The Labute approximate surface area is 110 Å². The van der Waals surface area contributed by atoms with E-state index in [4.69, 9.17) is 5.73 Å². The van der Waals surface area contributed by atoms with Gasteiger partial charge in [0.25, 0.3) is 0 Å². The topological polar surface area (TPSA) is 42.2 Å². The number of aromatic nitrogens is 1. The number of rotatable bonds is 4. The van der Waals surface area contributed by atoms with E-state index in [0.717, 1.165) is 6.54 Å². The molecule has 0 aliphatic rings. The first-order valence-corrected chi connectivity index (χ1v) is 7.28. The van der Waals surface area contributed by atoms with Crippen molar-refractivity contribution in [2.24, 2.45) is 0 Å². The van der Waals surface area contributed by atoms with Crippen LogP contribution in [0.1, 0.15) is 4.88 Å². The molecule has 0 aliphatic carbocycles. The lowest BCUT2D eigenvalue weighted by molar-refractivity contribution is 0.936. The zero-order chi connectivity index (χ0) is 12.3. The van der Waals surface area contributed by atoms with E-state index >= 15 is 0 Å². The molecule has 3 nitrogen and oxygen atoms in total. The Kier molecular flexibility index (Phi) is 3.91. The first kappa shape index (κ1) is 12.3. The highest BCUT2D eigenvalue weighted by molar-refractivity contribution is 7.98. The summed E-state index contributed by atoms with van der Waals surface area (Å²) in [4.78, 5) is 8.71. The Morgan fingerprint density at radius 2 is 2.06 bits per heavy atom. The predicted molar refractivity (Wildman–Crippen MR) is 76.9 cm³/mol. The number of benzene rings is 1. The van der Waals surface area contributed by atoms with Crippen molar-refractivity contribution in [3.63, 3.8) is 0 Å². The molecule has 1 aromatic carbocycles. The molecule has 2 aromatic rings. The largest absolute Gasteiger partial charge is 0.375 e. The number of thiazole rings is 1. The number of hydrogen-bond donors (Lipinski definition) is 1. The van der Waals surface area contributed by atoms with Gasteiger partial charge in [-0.3, -0.25) is 0 Å². The number of hydrogen-bond acceptors (Lipinski definition) is 5. The zero-order valence-electron chi connectivity index (χ0n) is 9.88. The summed E-state index contributed by atoms with van der Waals surface area (Å²) < 4.78 is 0. The molecule has 0 spiro atoms. The molecular weight excluding hydrogens is 250 g/mol. The first-order valence-electron chi connectivity index (χ1n) is 5.24. The Bertz CT molecular complexity index is 479. The lowest BCUT2D eigenvalue weighted by Crippen LogP contribution is -2.15. The summed E-state index contributed by atoms with van der Waals surface area (Å²) in [6.45, 7) is 0.841. The van der Waals surface area contributed by atoms with Crippen molar-refractivity contribution in [3.05, 3.63) is 35.3 Å². The molecule has 1 aromatic heterocycles. The molecule has 0 saturated heterocycles. The van der Waals surface area contributed by atoms with Gasteiger partial charge in [0.1, 0.15) is 0 Å². The van der Waals surface area contributed by atoms with Crippen LogP contribution in [-0.2, 0) is 6.54 Å². The van der Waals surface area contributed by atoms with Gasteiger partial charge in [0.15, 0.2) is 5.13 Å². The molecular formula is C12H15N3S2. The minimum absolute atomic E-state index is 0.631. The van der Waals surface area contributed by atoms with Crippen molar-refractivity contribution in [2.75, 3.05) is 23.9 Å². The lowest BCUT2D eigenvalue weighted by atomic mass is 10.3. The predicted octanol–water partition coefficient (Wildman–Crippen LogP) is 3.08. The second-order valence-electron chi connectivity index (χ2n) is 3.72. The van der Waals surface area contributed by atoms with E-state index in [1.165, 1.54) is 26.8 Å². The number of nitrogens with two attached hydrogens (primary N) is 1. The summed E-state index contributed by atoms with van der Waals surface area (Å²) >= 11 is 3.29. The third-order valence-corrected chi connectivity index (χ3v) is 4.03. The lowest BCUT2D eigenvalue weighted by Gasteiger charge is -2.18. The highest BCUT2D eigenvalue weighted by Gasteiger charge is 2.04. The van der Waals surface area contributed by atoms with Gasteiger partial charge in [-0.2, -0.15) is 0 Å². The molecule has 2 N–H and O–H groups in total. The van der Waals surface area contributed by atoms with Crippen LogP contribution in [0.5, 0.6) is 0 Å². The molecule has 0 fully saturated rings. The van der Waals surface area contributed by atoms with Crippen molar-refractivity contribution in [2.45, 2.75) is 11.4 Å². The van der Waals surface area contributed by atoms with Gasteiger partial charge in [0.2, 0.25) is 0 Å². The summed E-state index contributed by atoms with van der Waals surface area (Å²) in [6, 6.07) is 8.54. The van der Waals surface area contributed by atoms with Gasteiger partial charge in [-0.25, -0.2) is 4.98 Å². The van der Waals surface area contributed by atoms with E-state index in [2.05, 4.69) is 47.5 Å². The quantitative estimate of drug-likeness (QED) is 0.863. The van der Waals surface area contributed by atoms with Crippen LogP contribution < -0.4 is 10.6 Å². The van der Waals surface area contributed by atoms with Crippen LogP contribution >= 0.6 is 23.1 Å². The van der Waals surface area contributed by atoms with Gasteiger partial charge < -0.3 is 10.6 Å². The maximum Gasteiger partial charge on any atom is 0.180 e. The maximum absolute atomic E-state index is 5.62. The van der Waals surface area contributed by atoms with Crippen molar-refractivity contribution in [1.82, 2.24) is 4.98 Å². The summed E-state index contributed by atoms with van der Waals surface area (Å²) in [5, 5.41) is 0.631. The minimum atomic E-state index is 0.631. The van der Waals surface area contributed by atoms with Gasteiger partial charge in [-0.05, 0) is 30.5 Å². The van der Waals surface area contributed by atoms with Gasteiger partial charge in [0, 0.05) is 28.7 Å². The SMILES string of the molecule is CSc1ccc(N(C)Cc2cnc(N)s2)cc1. The standard InChI is InChI=1S/C12H15N3S2/c1-15(8-11-7-14-12(13)17-11)9-3-5-10(16-2)6-4-9/h3-7H,8H2,1-2H3,(H2,13,14). The van der Waals surface area contributed by atoms with E-state index in [1.54, 1.807) is 11.8 Å². The normalized spacial score (nSPS) is 10.5. The second-order valence-corrected chi connectivity index (χ2v) is 5.75. The first-order chi connectivity index (χ1) is 8.19. The number of thioether (sulfide) groups is 1. The summed E-state index contributed by atoms with van der Waals surface area (Å²) in [6.07, 6.45) is 3.92. The van der Waals surface area contributed by atoms with E-state index in [1.807, 2.05) is 6.20 Å². The smallest absolute Gasteiger partial charge is 0.180 e. The Morgan fingerprint density at radius 1 is 1.35 bits per heavy atom. The van der Waals surface area contributed by atoms with Crippen molar-refractivity contribution in [1.29, 1.82) is 0 Å². The fourth-order valence-electron chi connectivity index (χ4n) is 1.56. The third-order valence-electron chi connectivity index (χ3n) is 2.48. The number of nitrogen functional groups attached to an aromatic ring is 1. The monoisotopic (exact) mass is 265 g/mol. The fourth-order valence-corrected chi connectivity index (χ4v) is 2.70. The average Bonchev–Trinajstić information content (AvgIpc) is 2.75. The van der Waals surface area contributed by atoms with Gasteiger partial charge in [-0.1, -0.05) is 0 Å². The summed E-state index contributed by atoms with van der Waals surface area (Å²) in [5.41, 5.74) is 6.82. The summed E-state index contributed by atoms with van der Waals surface area (Å²) in [7, 11) is 2.07. The van der Waals surface area contributed by atoms with Crippen LogP contribution in [-0.4, -0.2) is 18.3 Å². The van der Waals surface area contributed by atoms with Crippen LogP contribution in [0.15, 0.2) is 35.4 Å². The van der Waals surface area contributed by atoms with E-state index in [0.29, 0.717) is 5.13 Å². The molecule has 0 aliphatic heterocycles. The highest BCUT2D eigenvalue weighted by atomic mass is 32.2. The van der Waals surface area contributed by atoms with Gasteiger partial charge in [-0.15, -0.1) is 23.1 Å². The average molecular weight is 265 g/mol. The van der Waals surface area contributed by atoms with E-state index in [9.17, 15) is 0 Å². The molecule has 0 amide bonds. The molecule has 0 radical (unpaired) electrons. The molecule has 90 valence electrons. The molecule has 0 unspecified atom stereocenters. The van der Waals surface area contributed by atoms with E-state index in [-0.39, 0.29) is 0 Å². The van der Waals surface area contributed by atoms with Crippen LogP contribution in [0.25, 0.3) is 0 Å². The number of anilines is 2. The Morgan fingerprint density at radius 3 is 2.59 bits per heavy atom. The van der Waals surface area contributed by atoms with Crippen LogP contribution in [0, 0.1) is 0 Å². The summed E-state index contributed by atoms with van der Waals surface area (Å²) in [5.74, 6) is 0. The molecule has 0 bridgehead atoms. The Hall–Kier alpha value is -1.20. The zero-order valence-corrected chi connectivity index (χ0v) is 11.5. The van der Waals surface area contributed by atoms with Crippen LogP contribution in [0.3, 0.4) is 0 Å². The minimum Gasteiger partial charge on any atom is -0.375 e. The van der Waals surface area contributed by atoms with Crippen LogP contribution in [0.4, 0.5) is 10.8 Å². The maximum atomic E-state index is 5.62. The molecule has 0 atom stereocenters. The Balaban J connectivity index is 2.06. The number of nitrogens with zero attached hydrogens (tertiary/aromatic N) is 2. The molecule has 5 heteroatoms. The highest BCUT2D eigenvalue weighted by Crippen LogP contribution is 2.22. The fraction of sp³-hybridized carbons (Fsp3) is 0.250. The van der Waals surface area contributed by atoms with Crippen molar-refractivity contribution < 1.29 is 0 Å². The van der Waals surface area contributed by atoms with Crippen molar-refractivity contribution in [3.8, 4) is 0 Å². The van der Waals surface area contributed by atoms with Crippen molar-refractivity contribution >= 4 is 33.9 Å². The molecule has 2 rings (SSSR count). The van der Waals surface area contributed by atoms with Crippen LogP contribution in [0.2, 0.25) is 0 Å². The molecule has 0 saturated carbocycles. The van der Waals surface area contributed by atoms with Gasteiger partial charge in [0.05, 0.1) is 6.54 Å². The third kappa shape index (κ3) is 3.14. The van der Waals surface area contributed by atoms with E-state index < -0.39 is 0 Å². The molecule has 1 heterocycles. The second kappa shape index (κ2) is 5.42. The van der Waals surface area contributed by atoms with Gasteiger partial charge >= 0.3 is 0 Å². The molecule has 17 heavy (non-hydrogen) atoms.